The highest BCUT2D eigenvalue weighted by Gasteiger charge is 2.29. The lowest BCUT2D eigenvalue weighted by Gasteiger charge is -2.07. The highest BCUT2D eigenvalue weighted by Crippen LogP contribution is 2.27. The van der Waals surface area contributed by atoms with Crippen LogP contribution >= 0.6 is 24.0 Å². The van der Waals surface area contributed by atoms with Gasteiger partial charge < -0.3 is 5.32 Å². The Hall–Kier alpha value is -0.870. The Morgan fingerprint density at radius 2 is 2.00 bits per heavy atom. The Kier molecular flexibility index (Phi) is 2.33. The summed E-state index contributed by atoms with van der Waals surface area (Å²) in [6.45, 7) is 0. The third kappa shape index (κ3) is 1.73. The van der Waals surface area contributed by atoms with Crippen molar-refractivity contribution in [2.75, 3.05) is 0 Å². The monoisotopic (exact) mass is 209 g/mol. The van der Waals surface area contributed by atoms with Crippen molar-refractivity contribution >= 4 is 33.4 Å². The van der Waals surface area contributed by atoms with Crippen LogP contribution in [0, 0.1) is 0 Å². The fourth-order valence-corrected chi connectivity index (χ4v) is 2.26. The van der Waals surface area contributed by atoms with E-state index < -0.39 is 0 Å². The van der Waals surface area contributed by atoms with E-state index in [-0.39, 0.29) is 11.2 Å². The number of hydrogen-bond acceptors (Lipinski definition) is 3. The molecule has 2 rings (SSSR count). The summed E-state index contributed by atoms with van der Waals surface area (Å²) in [6.07, 6.45) is 0. The number of nitrogens with one attached hydrogen (secondary N) is 1. The molecule has 0 aliphatic carbocycles. The van der Waals surface area contributed by atoms with Gasteiger partial charge in [-0.15, -0.1) is 0 Å². The first-order valence-electron chi connectivity index (χ1n) is 3.84. The standard InChI is InChI=1S/C9H7NOS2/c11-8-7(10-9(12)13-8)6-4-2-1-3-5-6/h1-5,7H,(H,10,12). The molecule has 0 aromatic heterocycles. The fourth-order valence-electron chi connectivity index (χ4n) is 1.22. The number of carbonyl (C=O) groups is 1. The third-order valence-electron chi connectivity index (χ3n) is 1.82. The van der Waals surface area contributed by atoms with Gasteiger partial charge in [0, 0.05) is 0 Å². The molecule has 1 fully saturated rings. The van der Waals surface area contributed by atoms with Gasteiger partial charge in [0.1, 0.15) is 10.4 Å². The zero-order chi connectivity index (χ0) is 9.26. The van der Waals surface area contributed by atoms with E-state index in [2.05, 4.69) is 5.32 Å². The number of carbonyl (C=O) groups excluding carboxylic acids is 1. The molecule has 2 nitrogen and oxygen atoms in total. The maximum atomic E-state index is 11.4. The number of benzene rings is 1. The molecule has 1 aliphatic heterocycles. The van der Waals surface area contributed by atoms with Crippen molar-refractivity contribution in [1.82, 2.24) is 5.32 Å². The maximum Gasteiger partial charge on any atom is 0.222 e. The minimum atomic E-state index is -0.251. The highest BCUT2D eigenvalue weighted by molar-refractivity contribution is 8.33. The molecule has 1 N–H and O–H groups in total. The predicted octanol–water partition coefficient (Wildman–Crippen LogP) is 1.88. The van der Waals surface area contributed by atoms with Crippen LogP contribution in [-0.2, 0) is 4.79 Å². The zero-order valence-electron chi connectivity index (χ0n) is 6.69. The van der Waals surface area contributed by atoms with Crippen LogP contribution in [0.1, 0.15) is 11.6 Å². The summed E-state index contributed by atoms with van der Waals surface area (Å²) in [6, 6.07) is 9.34. The van der Waals surface area contributed by atoms with Gasteiger partial charge in [0.25, 0.3) is 0 Å². The van der Waals surface area contributed by atoms with Crippen LogP contribution in [0.15, 0.2) is 30.3 Å². The second-order valence-electron chi connectivity index (χ2n) is 2.70. The Morgan fingerprint density at radius 3 is 2.54 bits per heavy atom. The Morgan fingerprint density at radius 1 is 1.31 bits per heavy atom. The summed E-state index contributed by atoms with van der Waals surface area (Å²) in [5.74, 6) is 0. The molecule has 1 aliphatic rings. The van der Waals surface area contributed by atoms with Gasteiger partial charge in [-0.25, -0.2) is 0 Å². The van der Waals surface area contributed by atoms with Crippen molar-refractivity contribution in [3.63, 3.8) is 0 Å². The molecule has 0 spiro atoms. The van der Waals surface area contributed by atoms with Crippen LogP contribution in [0.3, 0.4) is 0 Å². The summed E-state index contributed by atoms with van der Waals surface area (Å²) >= 11 is 6.01. The van der Waals surface area contributed by atoms with Gasteiger partial charge in [-0.05, 0) is 17.3 Å². The molecule has 0 amide bonds. The lowest BCUT2D eigenvalue weighted by molar-refractivity contribution is -0.112. The SMILES string of the molecule is O=C1SC(=S)NC1c1ccccc1. The second kappa shape index (κ2) is 3.47. The van der Waals surface area contributed by atoms with E-state index in [9.17, 15) is 4.79 Å². The first-order valence-corrected chi connectivity index (χ1v) is 5.07. The number of thioether (sulfide) groups is 1. The maximum absolute atomic E-state index is 11.4. The smallest absolute Gasteiger partial charge is 0.222 e. The lowest BCUT2D eigenvalue weighted by atomic mass is 10.1. The van der Waals surface area contributed by atoms with Gasteiger partial charge in [0.2, 0.25) is 5.12 Å². The van der Waals surface area contributed by atoms with Gasteiger partial charge >= 0.3 is 0 Å². The number of thiocarbonyl (C=S) groups is 1. The molecule has 0 radical (unpaired) electrons. The average molecular weight is 209 g/mol. The Bertz CT molecular complexity index is 350. The minimum absolute atomic E-state index is 0.0798. The van der Waals surface area contributed by atoms with Crippen molar-refractivity contribution in [2.45, 2.75) is 6.04 Å². The van der Waals surface area contributed by atoms with Crippen molar-refractivity contribution in [1.29, 1.82) is 0 Å². The van der Waals surface area contributed by atoms with Crippen LogP contribution in [0.4, 0.5) is 0 Å². The van der Waals surface area contributed by atoms with E-state index >= 15 is 0 Å². The van der Waals surface area contributed by atoms with Crippen LogP contribution < -0.4 is 5.32 Å². The summed E-state index contributed by atoms with van der Waals surface area (Å²) in [5.41, 5.74) is 0.972. The Labute approximate surface area is 85.7 Å². The first kappa shape index (κ1) is 8.72. The molecule has 1 heterocycles. The van der Waals surface area contributed by atoms with Gasteiger partial charge in [-0.3, -0.25) is 4.79 Å². The van der Waals surface area contributed by atoms with Crippen LogP contribution in [0.25, 0.3) is 0 Å². The second-order valence-corrected chi connectivity index (χ2v) is 4.38. The molecule has 1 unspecified atom stereocenters. The molecule has 1 aromatic carbocycles. The molecule has 66 valence electrons. The predicted molar refractivity (Wildman–Crippen MR) is 57.5 cm³/mol. The first-order chi connectivity index (χ1) is 6.27. The van der Waals surface area contributed by atoms with Crippen LogP contribution in [0.2, 0.25) is 0 Å². The van der Waals surface area contributed by atoms with E-state index in [1.165, 1.54) is 0 Å². The van der Waals surface area contributed by atoms with E-state index in [4.69, 9.17) is 12.2 Å². The third-order valence-corrected chi connectivity index (χ3v) is 2.93. The molecular weight excluding hydrogens is 202 g/mol. The summed E-state index contributed by atoms with van der Waals surface area (Å²) in [5, 5.41) is 3.04. The van der Waals surface area contributed by atoms with Crippen LogP contribution in [0.5, 0.6) is 0 Å². The summed E-state index contributed by atoms with van der Waals surface area (Å²) in [4.78, 5) is 11.4. The topological polar surface area (TPSA) is 29.1 Å². The molecule has 0 saturated carbocycles. The lowest BCUT2D eigenvalue weighted by Crippen LogP contribution is -2.19. The quantitative estimate of drug-likeness (QED) is 0.715. The molecule has 1 atom stereocenters. The average Bonchev–Trinajstić information content (AvgIpc) is 2.47. The largest absolute Gasteiger partial charge is 0.356 e. The van der Waals surface area contributed by atoms with Gasteiger partial charge in [0.15, 0.2) is 0 Å². The molecule has 13 heavy (non-hydrogen) atoms. The van der Waals surface area contributed by atoms with E-state index in [0.717, 1.165) is 17.3 Å². The molecule has 0 bridgehead atoms. The van der Waals surface area contributed by atoms with Crippen LogP contribution in [-0.4, -0.2) is 9.44 Å². The minimum Gasteiger partial charge on any atom is -0.356 e. The molecule has 1 saturated heterocycles. The van der Waals surface area contributed by atoms with Crippen molar-refractivity contribution < 1.29 is 4.79 Å². The van der Waals surface area contributed by atoms with Gasteiger partial charge in [0.05, 0.1) is 0 Å². The molecular formula is C9H7NOS2. The van der Waals surface area contributed by atoms with E-state index in [1.807, 2.05) is 30.3 Å². The number of rotatable bonds is 1. The van der Waals surface area contributed by atoms with E-state index in [0.29, 0.717) is 4.32 Å². The summed E-state index contributed by atoms with van der Waals surface area (Å²) in [7, 11) is 0. The van der Waals surface area contributed by atoms with Crippen molar-refractivity contribution in [3.8, 4) is 0 Å². The normalized spacial score (nSPS) is 21.7. The van der Waals surface area contributed by atoms with E-state index in [1.54, 1.807) is 0 Å². The van der Waals surface area contributed by atoms with Gasteiger partial charge in [-0.2, -0.15) is 0 Å². The van der Waals surface area contributed by atoms with Gasteiger partial charge in [-0.1, -0.05) is 42.5 Å². The van der Waals surface area contributed by atoms with Crippen molar-refractivity contribution in [3.05, 3.63) is 35.9 Å². The fraction of sp³-hybridized carbons (Fsp3) is 0.111. The van der Waals surface area contributed by atoms with Crippen molar-refractivity contribution in [2.24, 2.45) is 0 Å². The number of hydrogen-bond donors (Lipinski definition) is 1. The molecule has 1 aromatic rings. The Balaban J connectivity index is 2.28. The summed E-state index contributed by atoms with van der Waals surface area (Å²) < 4.78 is 0.568. The molecule has 4 heteroatoms. The highest BCUT2D eigenvalue weighted by atomic mass is 32.2. The zero-order valence-corrected chi connectivity index (χ0v) is 8.32.